The fourth-order valence-electron chi connectivity index (χ4n) is 3.42. The minimum absolute atomic E-state index is 0.172. The summed E-state index contributed by atoms with van der Waals surface area (Å²) >= 11 is 0. The van der Waals surface area contributed by atoms with Crippen LogP contribution in [0.1, 0.15) is 38.8 Å². The van der Waals surface area contributed by atoms with Crippen molar-refractivity contribution in [1.29, 1.82) is 0 Å². The second-order valence-corrected chi connectivity index (χ2v) is 7.40. The Morgan fingerprint density at radius 2 is 1.48 bits per heavy atom. The van der Waals surface area contributed by atoms with E-state index in [1.807, 2.05) is 44.2 Å². The molecule has 2 aromatic rings. The Labute approximate surface area is 170 Å². The summed E-state index contributed by atoms with van der Waals surface area (Å²) in [4.78, 5) is 31.7. The smallest absolute Gasteiger partial charge is 0.316 e. The number of carbonyl (C=O) groups excluding carboxylic acids is 3. The number of phenols is 1. The van der Waals surface area contributed by atoms with Gasteiger partial charge in [-0.1, -0.05) is 42.5 Å². The molecule has 7 heteroatoms. The lowest BCUT2D eigenvalue weighted by atomic mass is 9.72. The van der Waals surface area contributed by atoms with Crippen LogP contribution in [0.2, 0.25) is 0 Å². The highest BCUT2D eigenvalue weighted by atomic mass is 16.6. The van der Waals surface area contributed by atoms with Gasteiger partial charge in [-0.2, -0.15) is 0 Å². The number of carbonyl (C=O) groups is 3. The van der Waals surface area contributed by atoms with E-state index in [4.69, 9.17) is 0 Å². The summed E-state index contributed by atoms with van der Waals surface area (Å²) in [7, 11) is 0. The van der Waals surface area contributed by atoms with Crippen LogP contribution in [0.25, 0.3) is 0 Å². The number of urea groups is 1. The molecule has 1 fully saturated rings. The van der Waals surface area contributed by atoms with Crippen molar-refractivity contribution in [3.63, 3.8) is 0 Å². The maximum absolute atomic E-state index is 12.0. The van der Waals surface area contributed by atoms with Crippen molar-refractivity contribution in [3.05, 3.63) is 65.7 Å². The molecule has 0 bridgehead atoms. The SMILES string of the molecule is CC(=O)OC(C)=O.CC1(C)NC(=O)NC1(Cc1ccccc1)c1ccc(O)cc1. The summed E-state index contributed by atoms with van der Waals surface area (Å²) in [6, 6.07) is 17.0. The fraction of sp³-hybridized carbons (Fsp3) is 0.318. The average molecular weight is 398 g/mol. The van der Waals surface area contributed by atoms with Gasteiger partial charge in [0.05, 0.1) is 11.1 Å². The van der Waals surface area contributed by atoms with Gasteiger partial charge in [0.15, 0.2) is 0 Å². The molecule has 1 aliphatic heterocycles. The second kappa shape index (κ2) is 8.77. The first kappa shape index (κ1) is 21.9. The molecule has 0 radical (unpaired) electrons. The molecule has 29 heavy (non-hydrogen) atoms. The highest BCUT2D eigenvalue weighted by molar-refractivity contribution is 5.82. The van der Waals surface area contributed by atoms with Crippen molar-refractivity contribution < 1.29 is 24.2 Å². The van der Waals surface area contributed by atoms with Gasteiger partial charge in [0.25, 0.3) is 0 Å². The van der Waals surface area contributed by atoms with Crippen LogP contribution < -0.4 is 10.6 Å². The summed E-state index contributed by atoms with van der Waals surface area (Å²) in [6.07, 6.45) is 0.671. The van der Waals surface area contributed by atoms with Crippen LogP contribution in [0, 0.1) is 0 Å². The van der Waals surface area contributed by atoms with E-state index in [1.165, 1.54) is 13.8 Å². The van der Waals surface area contributed by atoms with Crippen molar-refractivity contribution >= 4 is 18.0 Å². The molecule has 2 amide bonds. The second-order valence-electron chi connectivity index (χ2n) is 7.40. The number of hydrogen-bond donors (Lipinski definition) is 3. The minimum Gasteiger partial charge on any atom is -0.508 e. The monoisotopic (exact) mass is 398 g/mol. The molecule has 0 spiro atoms. The van der Waals surface area contributed by atoms with E-state index >= 15 is 0 Å². The largest absolute Gasteiger partial charge is 0.508 e. The maximum atomic E-state index is 12.0. The van der Waals surface area contributed by atoms with Crippen LogP contribution >= 0.6 is 0 Å². The third-order valence-corrected chi connectivity index (χ3v) is 4.78. The fourth-order valence-corrected chi connectivity index (χ4v) is 3.42. The minimum atomic E-state index is -0.570. The summed E-state index contributed by atoms with van der Waals surface area (Å²) in [5.41, 5.74) is 1.08. The first-order chi connectivity index (χ1) is 13.6. The zero-order valence-electron chi connectivity index (χ0n) is 17.0. The number of benzene rings is 2. The first-order valence-corrected chi connectivity index (χ1v) is 9.18. The van der Waals surface area contributed by atoms with Gasteiger partial charge in [-0.25, -0.2) is 4.79 Å². The van der Waals surface area contributed by atoms with Gasteiger partial charge in [0.2, 0.25) is 0 Å². The zero-order chi connectivity index (χ0) is 21.7. The number of esters is 2. The van der Waals surface area contributed by atoms with Crippen LogP contribution in [-0.2, 0) is 26.3 Å². The molecule has 1 aliphatic rings. The highest BCUT2D eigenvalue weighted by Gasteiger charge is 2.53. The van der Waals surface area contributed by atoms with Gasteiger partial charge in [0.1, 0.15) is 5.75 Å². The van der Waals surface area contributed by atoms with Gasteiger partial charge in [-0.05, 0) is 37.1 Å². The molecular formula is C22H26N2O5. The Balaban J connectivity index is 0.000000370. The van der Waals surface area contributed by atoms with E-state index in [9.17, 15) is 19.5 Å². The quantitative estimate of drug-likeness (QED) is 0.545. The number of hydrogen-bond acceptors (Lipinski definition) is 5. The lowest BCUT2D eigenvalue weighted by Crippen LogP contribution is -2.55. The summed E-state index contributed by atoms with van der Waals surface area (Å²) in [5, 5.41) is 15.7. The van der Waals surface area contributed by atoms with E-state index in [1.54, 1.807) is 12.1 Å². The number of ether oxygens (including phenoxy) is 1. The Morgan fingerprint density at radius 1 is 0.931 bits per heavy atom. The zero-order valence-corrected chi connectivity index (χ0v) is 17.0. The Morgan fingerprint density at radius 3 is 1.90 bits per heavy atom. The predicted octanol–water partition coefficient (Wildman–Crippen LogP) is 3.02. The van der Waals surface area contributed by atoms with Crippen molar-refractivity contribution in [2.75, 3.05) is 0 Å². The first-order valence-electron chi connectivity index (χ1n) is 9.18. The molecule has 1 unspecified atom stereocenters. The standard InChI is InChI=1S/C18H20N2O2.C4H6O3/c1-17(2)18(20-16(22)19-17,12-13-6-4-3-5-7-13)14-8-10-15(21)11-9-14;1-3(5)7-4(2)6/h3-11,21H,12H2,1-2H3,(H2,19,20,22);1-2H3. The maximum Gasteiger partial charge on any atom is 0.316 e. The number of amides is 2. The van der Waals surface area contributed by atoms with Crippen LogP contribution in [0.4, 0.5) is 4.79 Å². The van der Waals surface area contributed by atoms with Crippen molar-refractivity contribution in [2.45, 2.75) is 45.2 Å². The molecule has 1 atom stereocenters. The lowest BCUT2D eigenvalue weighted by Gasteiger charge is -2.40. The highest BCUT2D eigenvalue weighted by Crippen LogP contribution is 2.40. The van der Waals surface area contributed by atoms with Crippen LogP contribution in [0.15, 0.2) is 54.6 Å². The molecule has 3 rings (SSSR count). The Bertz CT molecular complexity index is 866. The van der Waals surface area contributed by atoms with Crippen molar-refractivity contribution in [3.8, 4) is 5.75 Å². The number of nitrogens with one attached hydrogen (secondary N) is 2. The number of phenolic OH excluding ortho intramolecular Hbond substituents is 1. The molecule has 3 N–H and O–H groups in total. The van der Waals surface area contributed by atoms with Crippen LogP contribution in [-0.4, -0.2) is 28.6 Å². The third kappa shape index (κ3) is 5.34. The molecule has 7 nitrogen and oxygen atoms in total. The normalized spacial score (nSPS) is 19.2. The van der Waals surface area contributed by atoms with Gasteiger partial charge >= 0.3 is 18.0 Å². The van der Waals surface area contributed by atoms with E-state index in [0.29, 0.717) is 6.42 Å². The lowest BCUT2D eigenvalue weighted by molar-refractivity contribution is -0.156. The summed E-state index contributed by atoms with van der Waals surface area (Å²) in [6.45, 7) is 6.39. The third-order valence-electron chi connectivity index (χ3n) is 4.78. The van der Waals surface area contributed by atoms with Crippen LogP contribution in [0.3, 0.4) is 0 Å². The van der Waals surface area contributed by atoms with Crippen LogP contribution in [0.5, 0.6) is 5.75 Å². The topological polar surface area (TPSA) is 105 Å². The van der Waals surface area contributed by atoms with Gasteiger partial charge in [-0.3, -0.25) is 9.59 Å². The van der Waals surface area contributed by atoms with Gasteiger partial charge in [0, 0.05) is 20.3 Å². The summed E-state index contributed by atoms with van der Waals surface area (Å²) in [5.74, 6) is -0.909. The predicted molar refractivity (Wildman–Crippen MR) is 108 cm³/mol. The van der Waals surface area contributed by atoms with Gasteiger partial charge < -0.3 is 20.5 Å². The van der Waals surface area contributed by atoms with Gasteiger partial charge in [-0.15, -0.1) is 0 Å². The molecular weight excluding hydrogens is 372 g/mol. The molecule has 0 saturated carbocycles. The summed E-state index contributed by atoms with van der Waals surface area (Å²) < 4.78 is 3.97. The molecule has 2 aromatic carbocycles. The van der Waals surface area contributed by atoms with Crippen molar-refractivity contribution in [1.82, 2.24) is 10.6 Å². The van der Waals surface area contributed by atoms with E-state index in [0.717, 1.165) is 11.1 Å². The molecule has 0 aliphatic carbocycles. The van der Waals surface area contributed by atoms with Crippen molar-refractivity contribution in [2.24, 2.45) is 0 Å². The average Bonchev–Trinajstić information content (AvgIpc) is 2.84. The molecule has 0 aromatic heterocycles. The molecule has 1 saturated heterocycles. The van der Waals surface area contributed by atoms with E-state index in [2.05, 4.69) is 27.5 Å². The molecule has 154 valence electrons. The number of aromatic hydroxyl groups is 1. The number of rotatable bonds is 3. The van der Waals surface area contributed by atoms with E-state index < -0.39 is 23.0 Å². The Kier molecular flexibility index (Phi) is 6.64. The molecule has 1 heterocycles. The van der Waals surface area contributed by atoms with E-state index in [-0.39, 0.29) is 11.8 Å². The Hall–Kier alpha value is -3.35.